The third-order valence-corrected chi connectivity index (χ3v) is 6.28. The molecular formula is C24H22N4OS. The molecule has 4 heterocycles. The zero-order chi connectivity index (χ0) is 20.3. The third-order valence-electron chi connectivity index (χ3n) is 5.55. The minimum Gasteiger partial charge on any atom is -0.336 e. The van der Waals surface area contributed by atoms with E-state index in [1.165, 1.54) is 5.56 Å². The molecule has 5 rings (SSSR count). The number of nitrogens with zero attached hydrogens (tertiary/aromatic N) is 4. The number of carbonyl (C=O) groups excluding carboxylic acids is 1. The second kappa shape index (κ2) is 8.34. The molecule has 0 N–H and O–H groups in total. The minimum atomic E-state index is 0.0777. The first-order valence-corrected chi connectivity index (χ1v) is 11.0. The highest BCUT2D eigenvalue weighted by atomic mass is 32.1. The van der Waals surface area contributed by atoms with Gasteiger partial charge in [0.2, 0.25) is 0 Å². The molecule has 3 aromatic heterocycles. The number of rotatable bonds is 4. The van der Waals surface area contributed by atoms with Gasteiger partial charge in [0, 0.05) is 56.1 Å². The van der Waals surface area contributed by atoms with E-state index in [-0.39, 0.29) is 5.91 Å². The summed E-state index contributed by atoms with van der Waals surface area (Å²) in [7, 11) is 0. The molecule has 5 nitrogen and oxygen atoms in total. The van der Waals surface area contributed by atoms with Crippen LogP contribution in [0.25, 0.3) is 22.2 Å². The molecule has 1 fully saturated rings. The van der Waals surface area contributed by atoms with Crippen molar-refractivity contribution in [3.63, 3.8) is 0 Å². The van der Waals surface area contributed by atoms with Crippen molar-refractivity contribution >= 4 is 28.1 Å². The van der Waals surface area contributed by atoms with Crippen molar-refractivity contribution in [1.29, 1.82) is 0 Å². The Morgan fingerprint density at radius 2 is 1.90 bits per heavy atom. The highest BCUT2D eigenvalue weighted by molar-refractivity contribution is 7.07. The van der Waals surface area contributed by atoms with Crippen LogP contribution in [0, 0.1) is 0 Å². The smallest absolute Gasteiger partial charge is 0.254 e. The van der Waals surface area contributed by atoms with Crippen molar-refractivity contribution in [2.75, 3.05) is 26.2 Å². The fourth-order valence-corrected chi connectivity index (χ4v) is 4.59. The van der Waals surface area contributed by atoms with Crippen molar-refractivity contribution < 1.29 is 4.79 Å². The van der Waals surface area contributed by atoms with Crippen molar-refractivity contribution in [3.8, 4) is 11.3 Å². The molecule has 6 heteroatoms. The predicted octanol–water partition coefficient (Wildman–Crippen LogP) is 4.32. The fraction of sp³-hybridized carbons (Fsp3) is 0.208. The number of amides is 1. The summed E-state index contributed by atoms with van der Waals surface area (Å²) in [6.07, 6.45) is 3.53. The lowest BCUT2D eigenvalue weighted by Crippen LogP contribution is -2.48. The second-order valence-electron chi connectivity index (χ2n) is 7.51. The van der Waals surface area contributed by atoms with Gasteiger partial charge in [0.1, 0.15) is 0 Å². The van der Waals surface area contributed by atoms with E-state index < -0.39 is 0 Å². The normalized spacial score (nSPS) is 14.9. The van der Waals surface area contributed by atoms with Gasteiger partial charge >= 0.3 is 0 Å². The molecule has 1 aliphatic heterocycles. The van der Waals surface area contributed by atoms with Gasteiger partial charge in [0.15, 0.2) is 0 Å². The number of para-hydroxylation sites is 1. The number of thiophene rings is 1. The van der Waals surface area contributed by atoms with E-state index in [0.717, 1.165) is 54.9 Å². The number of benzene rings is 1. The molecule has 1 amide bonds. The topological polar surface area (TPSA) is 49.3 Å². The van der Waals surface area contributed by atoms with Gasteiger partial charge in [-0.1, -0.05) is 18.2 Å². The van der Waals surface area contributed by atoms with Gasteiger partial charge in [-0.3, -0.25) is 14.7 Å². The standard InChI is InChI=1S/C24H22N4OS/c29-24(28-11-9-27(10-12-28)16-18-7-13-30-17-18)21-14-23(19-4-3-8-25-15-19)26-22-6-2-1-5-20(21)22/h1-8,13-15,17H,9-12,16H2. The van der Waals surface area contributed by atoms with E-state index >= 15 is 0 Å². The molecule has 0 radical (unpaired) electrons. The number of fused-ring (bicyclic) bond motifs is 1. The minimum absolute atomic E-state index is 0.0777. The number of piperazine rings is 1. The van der Waals surface area contributed by atoms with Crippen LogP contribution in [0.4, 0.5) is 0 Å². The lowest BCUT2D eigenvalue weighted by Gasteiger charge is -2.34. The molecule has 1 aliphatic rings. The van der Waals surface area contributed by atoms with Crippen LogP contribution in [0.1, 0.15) is 15.9 Å². The summed E-state index contributed by atoms with van der Waals surface area (Å²) < 4.78 is 0. The van der Waals surface area contributed by atoms with E-state index in [9.17, 15) is 4.79 Å². The molecule has 0 saturated carbocycles. The van der Waals surface area contributed by atoms with Gasteiger partial charge in [-0.15, -0.1) is 0 Å². The number of carbonyl (C=O) groups is 1. The highest BCUT2D eigenvalue weighted by Crippen LogP contribution is 2.26. The van der Waals surface area contributed by atoms with Crippen LogP contribution in [-0.4, -0.2) is 51.9 Å². The van der Waals surface area contributed by atoms with Crippen molar-refractivity contribution in [3.05, 3.63) is 82.8 Å². The summed E-state index contributed by atoms with van der Waals surface area (Å²) in [5.74, 6) is 0.0777. The van der Waals surface area contributed by atoms with Crippen LogP contribution in [0.5, 0.6) is 0 Å². The van der Waals surface area contributed by atoms with Gasteiger partial charge in [-0.2, -0.15) is 11.3 Å². The van der Waals surface area contributed by atoms with Crippen molar-refractivity contribution in [1.82, 2.24) is 19.8 Å². The van der Waals surface area contributed by atoms with E-state index in [1.807, 2.05) is 47.4 Å². The molecule has 4 aromatic rings. The summed E-state index contributed by atoms with van der Waals surface area (Å²) >= 11 is 1.73. The van der Waals surface area contributed by atoms with Gasteiger partial charge in [0.05, 0.1) is 16.8 Å². The molecule has 1 saturated heterocycles. The van der Waals surface area contributed by atoms with Crippen LogP contribution in [0.3, 0.4) is 0 Å². The Labute approximate surface area is 179 Å². The summed E-state index contributed by atoms with van der Waals surface area (Å²) in [5, 5.41) is 5.21. The Kier molecular flexibility index (Phi) is 5.26. The molecule has 150 valence electrons. The zero-order valence-electron chi connectivity index (χ0n) is 16.6. The van der Waals surface area contributed by atoms with Gasteiger partial charge in [-0.25, -0.2) is 4.98 Å². The first kappa shape index (κ1) is 18.9. The van der Waals surface area contributed by atoms with Crippen molar-refractivity contribution in [2.45, 2.75) is 6.54 Å². The summed E-state index contributed by atoms with van der Waals surface area (Å²) in [6, 6.07) is 15.8. The molecule has 0 unspecified atom stereocenters. The fourth-order valence-electron chi connectivity index (χ4n) is 3.93. The van der Waals surface area contributed by atoms with Crippen molar-refractivity contribution in [2.24, 2.45) is 0 Å². The number of aromatic nitrogens is 2. The zero-order valence-corrected chi connectivity index (χ0v) is 17.4. The summed E-state index contributed by atoms with van der Waals surface area (Å²) in [5.41, 5.74) is 4.59. The van der Waals surface area contributed by atoms with Gasteiger partial charge in [0.25, 0.3) is 5.91 Å². The average molecular weight is 415 g/mol. The van der Waals surface area contributed by atoms with E-state index in [4.69, 9.17) is 4.98 Å². The van der Waals surface area contributed by atoms with Gasteiger partial charge in [-0.05, 0) is 46.7 Å². The largest absolute Gasteiger partial charge is 0.336 e. The number of hydrogen-bond acceptors (Lipinski definition) is 5. The maximum Gasteiger partial charge on any atom is 0.254 e. The molecule has 30 heavy (non-hydrogen) atoms. The van der Waals surface area contributed by atoms with Gasteiger partial charge < -0.3 is 4.90 Å². The Hall–Kier alpha value is -3.09. The van der Waals surface area contributed by atoms with E-state index in [2.05, 4.69) is 26.7 Å². The Morgan fingerprint density at radius 1 is 1.03 bits per heavy atom. The summed E-state index contributed by atoms with van der Waals surface area (Å²) in [6.45, 7) is 4.21. The first-order chi connectivity index (χ1) is 14.8. The molecule has 0 aliphatic carbocycles. The molecule has 1 aromatic carbocycles. The quantitative estimate of drug-likeness (QED) is 0.499. The monoisotopic (exact) mass is 414 g/mol. The highest BCUT2D eigenvalue weighted by Gasteiger charge is 2.24. The maximum atomic E-state index is 13.5. The molecule has 0 atom stereocenters. The number of pyridine rings is 2. The lowest BCUT2D eigenvalue weighted by atomic mass is 10.0. The first-order valence-electron chi connectivity index (χ1n) is 10.1. The third kappa shape index (κ3) is 3.84. The average Bonchev–Trinajstić information content (AvgIpc) is 3.32. The Morgan fingerprint density at radius 3 is 2.67 bits per heavy atom. The summed E-state index contributed by atoms with van der Waals surface area (Å²) in [4.78, 5) is 26.8. The van der Waals surface area contributed by atoms with E-state index in [0.29, 0.717) is 5.56 Å². The lowest BCUT2D eigenvalue weighted by molar-refractivity contribution is 0.0630. The SMILES string of the molecule is O=C(c1cc(-c2cccnc2)nc2ccccc12)N1CCN(Cc2ccsc2)CC1. The Balaban J connectivity index is 1.40. The molecule has 0 spiro atoms. The number of hydrogen-bond donors (Lipinski definition) is 0. The molecule has 0 bridgehead atoms. The van der Waals surface area contributed by atoms with Crippen LogP contribution >= 0.6 is 11.3 Å². The Bertz CT molecular complexity index is 1150. The van der Waals surface area contributed by atoms with Crippen LogP contribution in [0.2, 0.25) is 0 Å². The van der Waals surface area contributed by atoms with Crippen LogP contribution in [-0.2, 0) is 6.54 Å². The van der Waals surface area contributed by atoms with Crippen LogP contribution < -0.4 is 0 Å². The predicted molar refractivity (Wildman–Crippen MR) is 120 cm³/mol. The van der Waals surface area contributed by atoms with E-state index in [1.54, 1.807) is 23.7 Å². The second-order valence-corrected chi connectivity index (χ2v) is 8.29. The van der Waals surface area contributed by atoms with Crippen LogP contribution in [0.15, 0.2) is 71.7 Å². The maximum absolute atomic E-state index is 13.5. The molecular weight excluding hydrogens is 392 g/mol.